The van der Waals surface area contributed by atoms with Crippen molar-refractivity contribution in [1.29, 1.82) is 0 Å². The Labute approximate surface area is 134 Å². The fourth-order valence-electron chi connectivity index (χ4n) is 2.58. The molecule has 1 amide bonds. The fourth-order valence-corrected chi connectivity index (χ4v) is 2.58. The lowest BCUT2D eigenvalue weighted by atomic mass is 10.0. The minimum atomic E-state index is -0.999. The number of aliphatic carboxylic acids is 1. The molecule has 0 radical (unpaired) electrons. The third-order valence-electron chi connectivity index (χ3n) is 3.95. The highest BCUT2D eigenvalue weighted by molar-refractivity contribution is 5.87. The molecule has 3 rings (SSSR count). The highest BCUT2D eigenvalue weighted by atomic mass is 16.5. The van der Waals surface area contributed by atoms with Crippen LogP contribution < -0.4 is 10.1 Å². The molecule has 0 heterocycles. The average molecular weight is 313 g/mol. The lowest BCUT2D eigenvalue weighted by Crippen LogP contribution is -2.26. The zero-order valence-corrected chi connectivity index (χ0v) is 12.7. The molecular formula is C18H19NO4. The van der Waals surface area contributed by atoms with Crippen LogP contribution in [0.1, 0.15) is 18.4 Å². The van der Waals surface area contributed by atoms with Gasteiger partial charge in [0.05, 0.1) is 0 Å². The van der Waals surface area contributed by atoms with E-state index in [0.717, 1.165) is 35.6 Å². The number of amides is 1. The number of carbonyl (C=O) groups excluding carboxylic acids is 1. The summed E-state index contributed by atoms with van der Waals surface area (Å²) >= 11 is 0. The predicted molar refractivity (Wildman–Crippen MR) is 86.5 cm³/mol. The van der Waals surface area contributed by atoms with Gasteiger partial charge < -0.3 is 15.2 Å². The van der Waals surface area contributed by atoms with Crippen molar-refractivity contribution < 1.29 is 19.4 Å². The largest absolute Gasteiger partial charge is 0.482 e. The first kappa shape index (κ1) is 15.3. The standard InChI is InChI=1S/C18H19NO4/c20-17(21)11-23-15-7-6-12-2-1-3-13(16(12)10-15)8-9-19-18(22)14-4-5-14/h1-3,6-7,10,14H,4-5,8-9,11H2,(H,19,22)(H,20,21). The number of benzene rings is 2. The minimum Gasteiger partial charge on any atom is -0.482 e. The van der Waals surface area contributed by atoms with Gasteiger partial charge in [0, 0.05) is 12.5 Å². The van der Waals surface area contributed by atoms with Crippen LogP contribution in [0.3, 0.4) is 0 Å². The van der Waals surface area contributed by atoms with E-state index in [9.17, 15) is 9.59 Å². The monoisotopic (exact) mass is 313 g/mol. The Morgan fingerprint density at radius 3 is 2.78 bits per heavy atom. The number of ether oxygens (including phenoxy) is 1. The second-order valence-electron chi connectivity index (χ2n) is 5.80. The average Bonchev–Trinajstić information content (AvgIpc) is 3.38. The predicted octanol–water partition coefficient (Wildman–Crippen LogP) is 2.37. The summed E-state index contributed by atoms with van der Waals surface area (Å²) in [6.45, 7) is 0.250. The Hall–Kier alpha value is -2.56. The van der Waals surface area contributed by atoms with Crippen molar-refractivity contribution in [2.45, 2.75) is 19.3 Å². The molecule has 2 N–H and O–H groups in total. The Morgan fingerprint density at radius 1 is 1.22 bits per heavy atom. The number of carboxylic acids is 1. The molecule has 1 saturated carbocycles. The van der Waals surface area contributed by atoms with Gasteiger partial charge in [-0.2, -0.15) is 0 Å². The maximum Gasteiger partial charge on any atom is 0.341 e. The fraction of sp³-hybridized carbons (Fsp3) is 0.333. The molecule has 2 aromatic rings. The van der Waals surface area contributed by atoms with Crippen LogP contribution in [0.5, 0.6) is 5.75 Å². The number of hydrogen-bond acceptors (Lipinski definition) is 3. The van der Waals surface area contributed by atoms with Gasteiger partial charge >= 0.3 is 5.97 Å². The van der Waals surface area contributed by atoms with E-state index in [1.807, 2.05) is 30.3 Å². The van der Waals surface area contributed by atoms with E-state index in [4.69, 9.17) is 9.84 Å². The summed E-state index contributed by atoms with van der Waals surface area (Å²) in [5.74, 6) is -0.0928. The van der Waals surface area contributed by atoms with Crippen LogP contribution in [0.15, 0.2) is 36.4 Å². The lowest BCUT2D eigenvalue weighted by Gasteiger charge is -2.10. The van der Waals surface area contributed by atoms with Gasteiger partial charge in [-0.15, -0.1) is 0 Å². The normalized spacial score (nSPS) is 13.7. The van der Waals surface area contributed by atoms with Crippen LogP contribution in [-0.2, 0) is 16.0 Å². The SMILES string of the molecule is O=C(O)COc1ccc2cccc(CCNC(=O)C3CC3)c2c1. The quantitative estimate of drug-likeness (QED) is 0.823. The third-order valence-corrected chi connectivity index (χ3v) is 3.95. The molecule has 0 unspecified atom stereocenters. The number of rotatable bonds is 7. The van der Waals surface area contributed by atoms with Gasteiger partial charge in [0.1, 0.15) is 5.75 Å². The van der Waals surface area contributed by atoms with E-state index in [1.165, 1.54) is 0 Å². The van der Waals surface area contributed by atoms with Crippen molar-refractivity contribution in [3.63, 3.8) is 0 Å². The molecular weight excluding hydrogens is 294 g/mol. The summed E-state index contributed by atoms with van der Waals surface area (Å²) in [5.41, 5.74) is 1.11. The van der Waals surface area contributed by atoms with E-state index < -0.39 is 5.97 Å². The van der Waals surface area contributed by atoms with Crippen molar-refractivity contribution >= 4 is 22.6 Å². The third kappa shape index (κ3) is 4.00. The van der Waals surface area contributed by atoms with Crippen LogP contribution >= 0.6 is 0 Å². The second kappa shape index (κ2) is 6.69. The van der Waals surface area contributed by atoms with Gasteiger partial charge in [0.2, 0.25) is 5.91 Å². The van der Waals surface area contributed by atoms with Gasteiger partial charge in [-0.05, 0) is 47.7 Å². The zero-order chi connectivity index (χ0) is 16.2. The van der Waals surface area contributed by atoms with Gasteiger partial charge in [-0.1, -0.05) is 24.3 Å². The molecule has 1 aliphatic rings. The zero-order valence-electron chi connectivity index (χ0n) is 12.7. The summed E-state index contributed by atoms with van der Waals surface area (Å²) in [5, 5.41) is 13.8. The van der Waals surface area contributed by atoms with Crippen molar-refractivity contribution in [1.82, 2.24) is 5.32 Å². The van der Waals surface area contributed by atoms with Crippen molar-refractivity contribution in [2.24, 2.45) is 5.92 Å². The lowest BCUT2D eigenvalue weighted by molar-refractivity contribution is -0.139. The first-order valence-corrected chi connectivity index (χ1v) is 7.77. The number of carbonyl (C=O) groups is 2. The molecule has 23 heavy (non-hydrogen) atoms. The number of carboxylic acid groups (broad SMARTS) is 1. The molecule has 2 aromatic carbocycles. The highest BCUT2D eigenvalue weighted by Crippen LogP contribution is 2.29. The van der Waals surface area contributed by atoms with Gasteiger partial charge in [-0.25, -0.2) is 4.79 Å². The number of fused-ring (bicyclic) bond motifs is 1. The molecule has 120 valence electrons. The second-order valence-corrected chi connectivity index (χ2v) is 5.80. The van der Waals surface area contributed by atoms with E-state index in [-0.39, 0.29) is 18.4 Å². The maximum absolute atomic E-state index is 11.7. The van der Waals surface area contributed by atoms with Crippen molar-refractivity contribution in [3.8, 4) is 5.75 Å². The molecule has 5 heteroatoms. The van der Waals surface area contributed by atoms with E-state index in [2.05, 4.69) is 5.32 Å². The minimum absolute atomic E-state index is 0.149. The summed E-state index contributed by atoms with van der Waals surface area (Å²) < 4.78 is 5.24. The van der Waals surface area contributed by atoms with Crippen LogP contribution in [0.2, 0.25) is 0 Å². The molecule has 1 fully saturated rings. The summed E-state index contributed by atoms with van der Waals surface area (Å²) in [6.07, 6.45) is 2.74. The smallest absolute Gasteiger partial charge is 0.341 e. The molecule has 1 aliphatic carbocycles. The van der Waals surface area contributed by atoms with Gasteiger partial charge in [-0.3, -0.25) is 4.79 Å². The Bertz CT molecular complexity index is 737. The van der Waals surface area contributed by atoms with E-state index in [1.54, 1.807) is 6.07 Å². The van der Waals surface area contributed by atoms with Crippen molar-refractivity contribution in [2.75, 3.05) is 13.2 Å². The first-order chi connectivity index (χ1) is 11.1. The highest BCUT2D eigenvalue weighted by Gasteiger charge is 2.28. The summed E-state index contributed by atoms with van der Waals surface area (Å²) in [6, 6.07) is 11.5. The summed E-state index contributed by atoms with van der Waals surface area (Å²) in [7, 11) is 0. The Morgan fingerprint density at radius 2 is 2.04 bits per heavy atom. The number of nitrogens with one attached hydrogen (secondary N) is 1. The van der Waals surface area contributed by atoms with Crippen LogP contribution in [-0.4, -0.2) is 30.1 Å². The topological polar surface area (TPSA) is 75.6 Å². The maximum atomic E-state index is 11.7. The molecule has 0 aromatic heterocycles. The molecule has 0 atom stereocenters. The molecule has 0 saturated heterocycles. The van der Waals surface area contributed by atoms with E-state index in [0.29, 0.717) is 12.3 Å². The first-order valence-electron chi connectivity index (χ1n) is 7.77. The van der Waals surface area contributed by atoms with Gasteiger partial charge in [0.15, 0.2) is 6.61 Å². The summed E-state index contributed by atoms with van der Waals surface area (Å²) in [4.78, 5) is 22.3. The molecule has 0 bridgehead atoms. The molecule has 0 spiro atoms. The molecule has 5 nitrogen and oxygen atoms in total. The Kier molecular flexibility index (Phi) is 4.46. The molecule has 0 aliphatic heterocycles. The van der Waals surface area contributed by atoms with Crippen LogP contribution in [0, 0.1) is 5.92 Å². The van der Waals surface area contributed by atoms with E-state index >= 15 is 0 Å². The van der Waals surface area contributed by atoms with Crippen molar-refractivity contribution in [3.05, 3.63) is 42.0 Å². The Balaban J connectivity index is 1.71. The van der Waals surface area contributed by atoms with Crippen LogP contribution in [0.25, 0.3) is 10.8 Å². The van der Waals surface area contributed by atoms with Gasteiger partial charge in [0.25, 0.3) is 0 Å². The van der Waals surface area contributed by atoms with Crippen LogP contribution in [0.4, 0.5) is 0 Å². The number of hydrogen-bond donors (Lipinski definition) is 2.